The van der Waals surface area contributed by atoms with Crippen LogP contribution in [0, 0.1) is 13.8 Å². The molecule has 4 amide bonds. The summed E-state index contributed by atoms with van der Waals surface area (Å²) in [4.78, 5) is 38.6. The molecule has 0 aliphatic carbocycles. The lowest BCUT2D eigenvalue weighted by molar-refractivity contribution is -0.122. The summed E-state index contributed by atoms with van der Waals surface area (Å²) < 4.78 is 6.71. The van der Waals surface area contributed by atoms with Crippen molar-refractivity contribution in [3.05, 3.63) is 81.5 Å². The number of nitrogens with zero attached hydrogens (tertiary/aromatic N) is 1. The van der Waals surface area contributed by atoms with Gasteiger partial charge < -0.3 is 4.42 Å². The van der Waals surface area contributed by atoms with E-state index in [9.17, 15) is 14.4 Å². The molecule has 0 atom stereocenters. The number of hydrogen-bond donors (Lipinski definition) is 1. The lowest BCUT2D eigenvalue weighted by Crippen LogP contribution is -2.54. The molecule has 1 aliphatic rings. The fourth-order valence-electron chi connectivity index (χ4n) is 3.23. The zero-order valence-corrected chi connectivity index (χ0v) is 17.8. The summed E-state index contributed by atoms with van der Waals surface area (Å²) in [6.07, 6.45) is 1.35. The first-order chi connectivity index (χ1) is 14.3. The Kier molecular flexibility index (Phi) is 5.13. The van der Waals surface area contributed by atoms with Crippen LogP contribution >= 0.6 is 15.9 Å². The Hall–Kier alpha value is -3.45. The van der Waals surface area contributed by atoms with Gasteiger partial charge in [0, 0.05) is 10.0 Å². The molecule has 30 heavy (non-hydrogen) atoms. The molecule has 1 saturated heterocycles. The van der Waals surface area contributed by atoms with Crippen LogP contribution in [0.25, 0.3) is 17.4 Å². The molecular formula is C23H17BrN2O4. The van der Waals surface area contributed by atoms with Gasteiger partial charge in [-0.15, -0.1) is 0 Å². The van der Waals surface area contributed by atoms with E-state index in [2.05, 4.69) is 21.2 Å². The Morgan fingerprint density at radius 2 is 1.77 bits per heavy atom. The minimum absolute atomic E-state index is 0.179. The molecule has 1 N–H and O–H groups in total. The Labute approximate surface area is 181 Å². The van der Waals surface area contributed by atoms with Crippen molar-refractivity contribution < 1.29 is 18.8 Å². The molecule has 2 heterocycles. The smallest absolute Gasteiger partial charge is 0.335 e. The molecule has 6 nitrogen and oxygen atoms in total. The third-order valence-corrected chi connectivity index (χ3v) is 5.42. The van der Waals surface area contributed by atoms with E-state index in [1.165, 1.54) is 6.08 Å². The number of rotatable bonds is 3. The molecule has 7 heteroatoms. The molecule has 3 aromatic rings. The zero-order chi connectivity index (χ0) is 21.4. The first-order valence-corrected chi connectivity index (χ1v) is 9.98. The van der Waals surface area contributed by atoms with Gasteiger partial charge in [0.1, 0.15) is 17.1 Å². The number of benzene rings is 2. The Bertz CT molecular complexity index is 1230. The van der Waals surface area contributed by atoms with Gasteiger partial charge in [-0.25, -0.2) is 9.69 Å². The summed E-state index contributed by atoms with van der Waals surface area (Å²) in [5.41, 5.74) is 2.93. The number of anilines is 1. The van der Waals surface area contributed by atoms with Crippen LogP contribution in [0.15, 0.2) is 69.1 Å². The number of furan rings is 1. The van der Waals surface area contributed by atoms with Crippen molar-refractivity contribution in [2.45, 2.75) is 13.8 Å². The van der Waals surface area contributed by atoms with Crippen molar-refractivity contribution in [1.29, 1.82) is 0 Å². The van der Waals surface area contributed by atoms with E-state index < -0.39 is 17.8 Å². The molecule has 0 bridgehead atoms. The summed E-state index contributed by atoms with van der Waals surface area (Å²) in [7, 11) is 0. The summed E-state index contributed by atoms with van der Waals surface area (Å²) in [6.45, 7) is 3.77. The number of hydrogen-bond acceptors (Lipinski definition) is 4. The summed E-state index contributed by atoms with van der Waals surface area (Å²) in [6, 6.07) is 15.5. The van der Waals surface area contributed by atoms with Gasteiger partial charge in [0.15, 0.2) is 0 Å². The van der Waals surface area contributed by atoms with E-state index in [4.69, 9.17) is 4.42 Å². The van der Waals surface area contributed by atoms with E-state index in [1.807, 2.05) is 25.1 Å². The molecule has 0 radical (unpaired) electrons. The average molecular weight is 465 g/mol. The van der Waals surface area contributed by atoms with Crippen LogP contribution in [0.3, 0.4) is 0 Å². The minimum atomic E-state index is -0.778. The van der Waals surface area contributed by atoms with Gasteiger partial charge in [-0.1, -0.05) is 40.2 Å². The van der Waals surface area contributed by atoms with Crippen molar-refractivity contribution in [3.63, 3.8) is 0 Å². The Morgan fingerprint density at radius 1 is 1.00 bits per heavy atom. The van der Waals surface area contributed by atoms with Crippen LogP contribution in [0.1, 0.15) is 16.9 Å². The largest absolute Gasteiger partial charge is 0.457 e. The number of carbonyl (C=O) groups excluding carboxylic acids is 3. The maximum absolute atomic E-state index is 13.0. The third kappa shape index (κ3) is 3.59. The van der Waals surface area contributed by atoms with Crippen LogP contribution in [0.4, 0.5) is 10.5 Å². The van der Waals surface area contributed by atoms with Crippen molar-refractivity contribution >= 4 is 45.5 Å². The number of amides is 4. The van der Waals surface area contributed by atoms with Crippen LogP contribution in [-0.2, 0) is 9.59 Å². The van der Waals surface area contributed by atoms with Gasteiger partial charge in [-0.2, -0.15) is 0 Å². The molecule has 1 fully saturated rings. The second kappa shape index (κ2) is 7.76. The van der Waals surface area contributed by atoms with Gasteiger partial charge in [0.05, 0.1) is 5.69 Å². The van der Waals surface area contributed by atoms with E-state index in [0.717, 1.165) is 26.1 Å². The Balaban J connectivity index is 1.70. The number of aryl methyl sites for hydroxylation is 2. The predicted molar refractivity (Wildman–Crippen MR) is 117 cm³/mol. The quantitative estimate of drug-likeness (QED) is 0.437. The fourth-order valence-corrected chi connectivity index (χ4v) is 3.92. The fraction of sp³-hybridized carbons (Fsp3) is 0.0870. The van der Waals surface area contributed by atoms with E-state index in [1.54, 1.807) is 43.3 Å². The Morgan fingerprint density at radius 3 is 2.50 bits per heavy atom. The first kappa shape index (κ1) is 19.8. The second-order valence-electron chi connectivity index (χ2n) is 6.93. The lowest BCUT2D eigenvalue weighted by atomic mass is 10.1. The number of barbiturate groups is 1. The predicted octanol–water partition coefficient (Wildman–Crippen LogP) is 4.99. The molecule has 150 valence electrons. The second-order valence-corrected chi connectivity index (χ2v) is 7.78. The van der Waals surface area contributed by atoms with E-state index in [0.29, 0.717) is 17.2 Å². The third-order valence-electron chi connectivity index (χ3n) is 4.76. The number of para-hydroxylation sites is 1. The maximum Gasteiger partial charge on any atom is 0.335 e. The van der Waals surface area contributed by atoms with Gasteiger partial charge in [0.2, 0.25) is 0 Å². The van der Waals surface area contributed by atoms with Gasteiger partial charge >= 0.3 is 6.03 Å². The molecule has 1 aromatic heterocycles. The molecular weight excluding hydrogens is 448 g/mol. The molecule has 1 aliphatic heterocycles. The number of halogens is 1. The number of carbonyl (C=O) groups is 3. The zero-order valence-electron chi connectivity index (χ0n) is 16.2. The highest BCUT2D eigenvalue weighted by Crippen LogP contribution is 2.31. The number of nitrogens with one attached hydrogen (secondary N) is 1. The highest BCUT2D eigenvalue weighted by atomic mass is 79.9. The first-order valence-electron chi connectivity index (χ1n) is 9.18. The molecule has 4 rings (SSSR count). The van der Waals surface area contributed by atoms with Crippen molar-refractivity contribution in [3.8, 4) is 11.3 Å². The SMILES string of the molecule is Cc1ccc(-c2ccc(/C=C3/C(=O)NC(=O)N(c4ccccc4C)C3=O)o2)c(Br)c1. The van der Waals surface area contributed by atoms with Crippen LogP contribution in [0.2, 0.25) is 0 Å². The molecule has 0 saturated carbocycles. The highest BCUT2D eigenvalue weighted by molar-refractivity contribution is 9.10. The van der Waals surface area contributed by atoms with Crippen LogP contribution in [-0.4, -0.2) is 17.8 Å². The topological polar surface area (TPSA) is 79.6 Å². The molecule has 2 aromatic carbocycles. The lowest BCUT2D eigenvalue weighted by Gasteiger charge is -2.27. The average Bonchev–Trinajstić information content (AvgIpc) is 3.15. The van der Waals surface area contributed by atoms with Gasteiger partial charge in [-0.05, 0) is 61.4 Å². The van der Waals surface area contributed by atoms with Crippen LogP contribution < -0.4 is 10.2 Å². The highest BCUT2D eigenvalue weighted by Gasteiger charge is 2.37. The molecule has 0 unspecified atom stereocenters. The normalized spacial score (nSPS) is 15.6. The monoisotopic (exact) mass is 464 g/mol. The van der Waals surface area contributed by atoms with Crippen molar-refractivity contribution in [2.24, 2.45) is 0 Å². The number of urea groups is 1. The summed E-state index contributed by atoms with van der Waals surface area (Å²) >= 11 is 3.52. The van der Waals surface area contributed by atoms with Crippen LogP contribution in [0.5, 0.6) is 0 Å². The number of imide groups is 2. The summed E-state index contributed by atoms with van der Waals surface area (Å²) in [5, 5.41) is 2.22. The maximum atomic E-state index is 13.0. The van der Waals surface area contributed by atoms with E-state index >= 15 is 0 Å². The van der Waals surface area contributed by atoms with Gasteiger partial charge in [-0.3, -0.25) is 14.9 Å². The standard InChI is InChI=1S/C23H17BrN2O4/c1-13-7-9-16(18(24)11-13)20-10-8-15(30-20)12-17-21(27)25-23(29)26(22(17)28)19-6-4-3-5-14(19)2/h3-12H,1-2H3,(H,25,27,29)/b17-12-. The minimum Gasteiger partial charge on any atom is -0.457 e. The van der Waals surface area contributed by atoms with Crippen molar-refractivity contribution in [2.75, 3.05) is 4.90 Å². The van der Waals surface area contributed by atoms with E-state index in [-0.39, 0.29) is 5.57 Å². The summed E-state index contributed by atoms with van der Waals surface area (Å²) in [5.74, 6) is -0.545. The van der Waals surface area contributed by atoms with Crippen molar-refractivity contribution in [1.82, 2.24) is 5.32 Å². The van der Waals surface area contributed by atoms with Gasteiger partial charge in [0.25, 0.3) is 11.8 Å². The molecule has 0 spiro atoms.